The van der Waals surface area contributed by atoms with Crippen LogP contribution in [-0.2, 0) is 14.8 Å². The van der Waals surface area contributed by atoms with Crippen molar-refractivity contribution in [2.75, 3.05) is 39.0 Å². The first-order chi connectivity index (χ1) is 10.1. The number of hydrogen-bond donors (Lipinski definition) is 1. The molecule has 0 aromatic heterocycles. The van der Waals surface area contributed by atoms with Gasteiger partial charge in [0.15, 0.2) is 0 Å². The van der Waals surface area contributed by atoms with Gasteiger partial charge >= 0.3 is 0 Å². The SMILES string of the molecule is COC1CCN(S(=O)(=O)CCCCC2CCNCC2)CC1. The van der Waals surface area contributed by atoms with E-state index in [1.54, 1.807) is 11.4 Å². The van der Waals surface area contributed by atoms with Gasteiger partial charge in [0.1, 0.15) is 0 Å². The van der Waals surface area contributed by atoms with Crippen molar-refractivity contribution in [3.05, 3.63) is 0 Å². The molecule has 2 aliphatic rings. The summed E-state index contributed by atoms with van der Waals surface area (Å²) in [6.45, 7) is 3.49. The lowest BCUT2D eigenvalue weighted by Crippen LogP contribution is -2.41. The maximum Gasteiger partial charge on any atom is 0.214 e. The summed E-state index contributed by atoms with van der Waals surface area (Å²) in [6, 6.07) is 0. The molecular weight excluding hydrogens is 288 g/mol. The number of unbranched alkanes of at least 4 members (excludes halogenated alkanes) is 1. The summed E-state index contributed by atoms with van der Waals surface area (Å²) in [5, 5.41) is 3.37. The second-order valence-corrected chi connectivity index (χ2v) is 8.43. The minimum Gasteiger partial charge on any atom is -0.381 e. The van der Waals surface area contributed by atoms with Crippen molar-refractivity contribution in [2.24, 2.45) is 5.92 Å². The monoisotopic (exact) mass is 318 g/mol. The molecule has 0 radical (unpaired) electrons. The molecule has 21 heavy (non-hydrogen) atoms. The van der Waals surface area contributed by atoms with E-state index in [-0.39, 0.29) is 6.10 Å². The Morgan fingerprint density at radius 1 is 1.10 bits per heavy atom. The molecule has 0 amide bonds. The minimum atomic E-state index is -3.05. The van der Waals surface area contributed by atoms with E-state index in [4.69, 9.17) is 4.74 Å². The maximum atomic E-state index is 12.3. The lowest BCUT2D eigenvalue weighted by atomic mass is 9.93. The Morgan fingerprint density at radius 3 is 2.38 bits per heavy atom. The van der Waals surface area contributed by atoms with Gasteiger partial charge in [-0.05, 0) is 51.1 Å². The van der Waals surface area contributed by atoms with Crippen molar-refractivity contribution < 1.29 is 13.2 Å². The Bertz CT molecular complexity index is 386. The second-order valence-electron chi connectivity index (χ2n) is 6.34. The predicted octanol–water partition coefficient (Wildman–Crippen LogP) is 1.60. The van der Waals surface area contributed by atoms with E-state index in [0.29, 0.717) is 18.8 Å². The van der Waals surface area contributed by atoms with E-state index in [2.05, 4.69) is 5.32 Å². The van der Waals surface area contributed by atoms with Gasteiger partial charge in [-0.1, -0.05) is 12.8 Å². The molecule has 0 aromatic carbocycles. The van der Waals surface area contributed by atoms with Crippen LogP contribution in [0.4, 0.5) is 0 Å². The topological polar surface area (TPSA) is 58.6 Å². The fourth-order valence-electron chi connectivity index (χ4n) is 3.36. The standard InChI is InChI=1S/C15H30N2O3S/c1-20-15-7-11-17(12-8-15)21(18,19)13-3-2-4-14-5-9-16-10-6-14/h14-16H,2-13H2,1H3. The van der Waals surface area contributed by atoms with Crippen molar-refractivity contribution >= 4 is 10.0 Å². The van der Waals surface area contributed by atoms with Gasteiger partial charge < -0.3 is 10.1 Å². The van der Waals surface area contributed by atoms with Gasteiger partial charge in [-0.15, -0.1) is 0 Å². The molecule has 2 fully saturated rings. The number of hydrogen-bond acceptors (Lipinski definition) is 4. The normalized spacial score (nSPS) is 23.5. The summed E-state index contributed by atoms with van der Waals surface area (Å²) >= 11 is 0. The smallest absolute Gasteiger partial charge is 0.214 e. The van der Waals surface area contributed by atoms with E-state index in [1.165, 1.54) is 19.3 Å². The molecule has 2 aliphatic heterocycles. The third kappa shape index (κ3) is 5.51. The highest BCUT2D eigenvalue weighted by molar-refractivity contribution is 7.89. The Morgan fingerprint density at radius 2 is 1.76 bits per heavy atom. The predicted molar refractivity (Wildman–Crippen MR) is 84.8 cm³/mol. The average Bonchev–Trinajstić information content (AvgIpc) is 2.53. The van der Waals surface area contributed by atoms with E-state index >= 15 is 0 Å². The Kier molecular flexibility index (Phi) is 6.92. The fraction of sp³-hybridized carbons (Fsp3) is 1.00. The molecule has 124 valence electrons. The number of sulfonamides is 1. The van der Waals surface area contributed by atoms with E-state index in [0.717, 1.165) is 44.7 Å². The zero-order chi connectivity index (χ0) is 15.1. The third-order valence-electron chi connectivity index (χ3n) is 4.85. The molecule has 0 unspecified atom stereocenters. The second kappa shape index (κ2) is 8.46. The first-order valence-electron chi connectivity index (χ1n) is 8.33. The summed E-state index contributed by atoms with van der Waals surface area (Å²) in [5.74, 6) is 1.11. The Hall–Kier alpha value is -0.170. The number of methoxy groups -OCH3 is 1. The maximum absolute atomic E-state index is 12.3. The number of rotatable bonds is 7. The summed E-state index contributed by atoms with van der Waals surface area (Å²) in [4.78, 5) is 0. The van der Waals surface area contributed by atoms with Crippen LogP contribution >= 0.6 is 0 Å². The molecule has 0 bridgehead atoms. The van der Waals surface area contributed by atoms with E-state index < -0.39 is 10.0 Å². The van der Waals surface area contributed by atoms with Crippen LogP contribution in [0.1, 0.15) is 44.9 Å². The largest absolute Gasteiger partial charge is 0.381 e. The van der Waals surface area contributed by atoms with Crippen LogP contribution in [0.15, 0.2) is 0 Å². The number of nitrogens with zero attached hydrogens (tertiary/aromatic N) is 1. The highest BCUT2D eigenvalue weighted by Gasteiger charge is 2.27. The number of nitrogens with one attached hydrogen (secondary N) is 1. The molecular formula is C15H30N2O3S. The molecule has 2 rings (SSSR count). The zero-order valence-electron chi connectivity index (χ0n) is 13.2. The van der Waals surface area contributed by atoms with Crippen LogP contribution in [0.3, 0.4) is 0 Å². The first kappa shape index (κ1) is 17.2. The summed E-state index contributed by atoms with van der Waals surface area (Å²) in [6.07, 6.45) is 7.40. The quantitative estimate of drug-likeness (QED) is 0.724. The molecule has 2 saturated heterocycles. The van der Waals surface area contributed by atoms with E-state index in [9.17, 15) is 8.42 Å². The van der Waals surface area contributed by atoms with Gasteiger partial charge in [-0.2, -0.15) is 0 Å². The fourth-order valence-corrected chi connectivity index (χ4v) is 4.96. The van der Waals surface area contributed by atoms with Crippen molar-refractivity contribution in [1.29, 1.82) is 0 Å². The molecule has 0 atom stereocenters. The molecule has 0 saturated carbocycles. The molecule has 0 spiro atoms. The van der Waals surface area contributed by atoms with Crippen LogP contribution in [-0.4, -0.2) is 57.9 Å². The molecule has 6 heteroatoms. The van der Waals surface area contributed by atoms with Crippen LogP contribution in [0, 0.1) is 5.92 Å². The summed E-state index contributed by atoms with van der Waals surface area (Å²) in [5.41, 5.74) is 0. The molecule has 5 nitrogen and oxygen atoms in total. The zero-order valence-corrected chi connectivity index (χ0v) is 14.0. The molecule has 0 aromatic rings. The van der Waals surface area contributed by atoms with Crippen molar-refractivity contribution in [3.63, 3.8) is 0 Å². The summed E-state index contributed by atoms with van der Waals surface area (Å²) in [7, 11) is -1.35. The van der Waals surface area contributed by atoms with Crippen molar-refractivity contribution in [1.82, 2.24) is 9.62 Å². The van der Waals surface area contributed by atoms with Crippen molar-refractivity contribution in [2.45, 2.75) is 51.0 Å². The van der Waals surface area contributed by atoms with Crippen LogP contribution < -0.4 is 5.32 Å². The molecule has 2 heterocycles. The van der Waals surface area contributed by atoms with Gasteiger partial charge in [-0.25, -0.2) is 12.7 Å². The Labute approximate surface area is 129 Å². The number of piperidine rings is 2. The first-order valence-corrected chi connectivity index (χ1v) is 9.94. The minimum absolute atomic E-state index is 0.233. The van der Waals surface area contributed by atoms with Crippen LogP contribution in [0.2, 0.25) is 0 Å². The highest BCUT2D eigenvalue weighted by atomic mass is 32.2. The van der Waals surface area contributed by atoms with Gasteiger partial charge in [-0.3, -0.25) is 0 Å². The third-order valence-corrected chi connectivity index (χ3v) is 6.81. The number of ether oxygens (including phenoxy) is 1. The highest BCUT2D eigenvalue weighted by Crippen LogP contribution is 2.20. The van der Waals surface area contributed by atoms with E-state index in [1.807, 2.05) is 0 Å². The lowest BCUT2D eigenvalue weighted by molar-refractivity contribution is 0.0604. The van der Waals surface area contributed by atoms with Crippen molar-refractivity contribution in [3.8, 4) is 0 Å². The van der Waals surface area contributed by atoms with Crippen LogP contribution in [0.25, 0.3) is 0 Å². The van der Waals surface area contributed by atoms with Gasteiger partial charge in [0.25, 0.3) is 0 Å². The Balaban J connectivity index is 1.64. The van der Waals surface area contributed by atoms with Gasteiger partial charge in [0.2, 0.25) is 10.0 Å². The molecule has 1 N–H and O–H groups in total. The lowest BCUT2D eigenvalue weighted by Gasteiger charge is -2.30. The average molecular weight is 318 g/mol. The van der Waals surface area contributed by atoms with Gasteiger partial charge in [0.05, 0.1) is 11.9 Å². The molecule has 0 aliphatic carbocycles. The summed E-state index contributed by atoms with van der Waals surface area (Å²) < 4.78 is 31.6. The van der Waals surface area contributed by atoms with Gasteiger partial charge in [0, 0.05) is 20.2 Å². The van der Waals surface area contributed by atoms with Crippen LogP contribution in [0.5, 0.6) is 0 Å².